The molecule has 26 heavy (non-hydrogen) atoms. The molecule has 3 heterocycles. The molecular weight excluding hydrogens is 379 g/mol. The maximum atomic E-state index is 5.44. The second-order valence-corrected chi connectivity index (χ2v) is 5.82. The van der Waals surface area contributed by atoms with Gasteiger partial charge in [-0.25, -0.2) is 9.97 Å². The molecule has 2 aliphatic heterocycles. The molecule has 0 unspecified atom stereocenters. The maximum absolute atomic E-state index is 5.44. The average Bonchev–Trinajstić information content (AvgIpc) is 3.09. The predicted molar refractivity (Wildman–Crippen MR) is 105 cm³/mol. The number of rotatable bonds is 4. The van der Waals surface area contributed by atoms with Gasteiger partial charge in [-0.1, -0.05) is 6.07 Å². The first-order chi connectivity index (χ1) is 11.4. The molecule has 0 saturated carbocycles. The molecule has 144 valence electrons. The molecule has 0 bridgehead atoms. The smallest absolute Gasteiger partial charge is 0.231 e. The number of anilines is 1. The monoisotopic (exact) mass is 402 g/mol. The number of piperazine rings is 1. The Labute approximate surface area is 165 Å². The Balaban J connectivity index is 0.00000113. The van der Waals surface area contributed by atoms with E-state index in [1.54, 1.807) is 12.4 Å². The van der Waals surface area contributed by atoms with E-state index in [0.717, 1.165) is 56.6 Å². The molecule has 0 spiro atoms. The third-order valence-corrected chi connectivity index (χ3v) is 4.36. The summed E-state index contributed by atoms with van der Waals surface area (Å²) in [4.78, 5) is 13.4. The summed E-state index contributed by atoms with van der Waals surface area (Å²) >= 11 is 0. The number of hydrogen-bond acceptors (Lipinski definition) is 6. The first kappa shape index (κ1) is 22.2. The van der Waals surface area contributed by atoms with Crippen LogP contribution in [0.25, 0.3) is 0 Å². The van der Waals surface area contributed by atoms with Gasteiger partial charge in [0.15, 0.2) is 11.5 Å². The third-order valence-electron chi connectivity index (χ3n) is 4.36. The van der Waals surface area contributed by atoms with Crippen LogP contribution in [-0.2, 0) is 6.42 Å². The quantitative estimate of drug-likeness (QED) is 0.771. The first-order valence-electron chi connectivity index (χ1n) is 8.01. The van der Waals surface area contributed by atoms with E-state index >= 15 is 0 Å². The summed E-state index contributed by atoms with van der Waals surface area (Å²) in [6.45, 7) is 5.44. The molecule has 4 rings (SSSR count). The highest BCUT2D eigenvalue weighted by molar-refractivity contribution is 5.85. The van der Waals surface area contributed by atoms with Gasteiger partial charge in [0.1, 0.15) is 0 Å². The SMILES string of the molecule is Cl.Cl.O.c1cnc(N2CCN(CCc3ccc4c(c3)OCO4)CC2)nc1. The highest BCUT2D eigenvalue weighted by atomic mass is 35.5. The molecule has 0 atom stereocenters. The van der Waals surface area contributed by atoms with E-state index in [4.69, 9.17) is 9.47 Å². The molecule has 7 nitrogen and oxygen atoms in total. The van der Waals surface area contributed by atoms with Crippen LogP contribution in [0.2, 0.25) is 0 Å². The summed E-state index contributed by atoms with van der Waals surface area (Å²) in [6.07, 6.45) is 4.63. The van der Waals surface area contributed by atoms with Crippen LogP contribution in [-0.4, -0.2) is 59.9 Å². The molecule has 9 heteroatoms. The van der Waals surface area contributed by atoms with Gasteiger partial charge in [-0.05, 0) is 30.2 Å². The molecule has 0 aliphatic carbocycles. The second-order valence-electron chi connectivity index (χ2n) is 5.82. The fraction of sp³-hybridized carbons (Fsp3) is 0.412. The van der Waals surface area contributed by atoms with E-state index in [1.165, 1.54) is 5.56 Å². The molecule has 1 aromatic carbocycles. The molecule has 2 aromatic rings. The van der Waals surface area contributed by atoms with E-state index in [-0.39, 0.29) is 30.3 Å². The van der Waals surface area contributed by atoms with Crippen LogP contribution in [0.15, 0.2) is 36.7 Å². The Morgan fingerprint density at radius 2 is 1.62 bits per heavy atom. The zero-order valence-electron chi connectivity index (χ0n) is 14.3. The lowest BCUT2D eigenvalue weighted by Gasteiger charge is -2.34. The Morgan fingerprint density at radius 1 is 0.923 bits per heavy atom. The van der Waals surface area contributed by atoms with E-state index in [2.05, 4.69) is 31.9 Å². The molecule has 0 amide bonds. The zero-order chi connectivity index (χ0) is 15.5. The largest absolute Gasteiger partial charge is 0.454 e. The van der Waals surface area contributed by atoms with E-state index in [0.29, 0.717) is 6.79 Å². The van der Waals surface area contributed by atoms with Crippen molar-refractivity contribution >= 4 is 30.8 Å². The number of halogens is 2. The first-order valence-corrected chi connectivity index (χ1v) is 8.01. The average molecular weight is 403 g/mol. The van der Waals surface area contributed by atoms with Crippen molar-refractivity contribution in [3.05, 3.63) is 42.2 Å². The number of benzene rings is 1. The molecule has 2 aliphatic rings. The minimum absolute atomic E-state index is 0. The van der Waals surface area contributed by atoms with E-state index in [1.807, 2.05) is 12.1 Å². The van der Waals surface area contributed by atoms with Gasteiger partial charge in [0.05, 0.1) is 0 Å². The van der Waals surface area contributed by atoms with Crippen molar-refractivity contribution in [1.29, 1.82) is 0 Å². The van der Waals surface area contributed by atoms with Crippen LogP contribution in [0.5, 0.6) is 11.5 Å². The van der Waals surface area contributed by atoms with E-state index in [9.17, 15) is 0 Å². The Kier molecular flexibility index (Phi) is 8.87. The van der Waals surface area contributed by atoms with Gasteiger partial charge in [-0.3, -0.25) is 4.90 Å². The van der Waals surface area contributed by atoms with Crippen LogP contribution in [0.3, 0.4) is 0 Å². The summed E-state index contributed by atoms with van der Waals surface area (Å²) in [5.74, 6) is 2.56. The van der Waals surface area contributed by atoms with Crippen LogP contribution in [0.4, 0.5) is 5.95 Å². The summed E-state index contributed by atoms with van der Waals surface area (Å²) in [5, 5.41) is 0. The molecule has 0 radical (unpaired) electrons. The topological polar surface area (TPSA) is 82.2 Å². The number of nitrogens with zero attached hydrogens (tertiary/aromatic N) is 4. The number of hydrogen-bond donors (Lipinski definition) is 0. The van der Waals surface area contributed by atoms with Gasteiger partial charge in [0.25, 0.3) is 0 Å². The standard InChI is InChI=1S/C17H20N4O2.2ClH.H2O/c1-5-18-17(19-6-1)21-10-8-20(9-11-21)7-4-14-2-3-15-16(12-14)23-13-22-15;;;/h1-3,5-6,12H,4,7-11,13H2;2*1H;1H2. The molecule has 1 saturated heterocycles. The van der Waals surface area contributed by atoms with Crippen LogP contribution < -0.4 is 14.4 Å². The number of fused-ring (bicyclic) bond motifs is 1. The van der Waals surface area contributed by atoms with Gasteiger partial charge in [-0.15, -0.1) is 24.8 Å². The van der Waals surface area contributed by atoms with Crippen molar-refractivity contribution in [1.82, 2.24) is 14.9 Å². The summed E-state index contributed by atoms with van der Waals surface area (Å²) in [6, 6.07) is 8.07. The Hall–Kier alpha value is -1.80. The minimum Gasteiger partial charge on any atom is -0.454 e. The van der Waals surface area contributed by atoms with Crippen molar-refractivity contribution in [3.8, 4) is 11.5 Å². The summed E-state index contributed by atoms with van der Waals surface area (Å²) in [5.41, 5.74) is 1.29. The highest BCUT2D eigenvalue weighted by Gasteiger charge is 2.19. The second kappa shape index (κ2) is 10.4. The van der Waals surface area contributed by atoms with Crippen LogP contribution >= 0.6 is 24.8 Å². The zero-order valence-corrected chi connectivity index (χ0v) is 16.0. The number of ether oxygens (including phenoxy) is 2. The van der Waals surface area contributed by atoms with Gasteiger partial charge < -0.3 is 19.8 Å². The fourth-order valence-electron chi connectivity index (χ4n) is 3.01. The summed E-state index contributed by atoms with van der Waals surface area (Å²) in [7, 11) is 0. The Bertz CT molecular complexity index is 670. The molecule has 2 N–H and O–H groups in total. The van der Waals surface area contributed by atoms with E-state index < -0.39 is 0 Å². The lowest BCUT2D eigenvalue weighted by atomic mass is 10.1. The van der Waals surface area contributed by atoms with Crippen LogP contribution in [0.1, 0.15) is 5.56 Å². The van der Waals surface area contributed by atoms with Gasteiger partial charge in [-0.2, -0.15) is 0 Å². The lowest BCUT2D eigenvalue weighted by molar-refractivity contribution is 0.174. The molecular formula is C17H24Cl2N4O3. The van der Waals surface area contributed by atoms with Crippen molar-refractivity contribution < 1.29 is 14.9 Å². The highest BCUT2D eigenvalue weighted by Crippen LogP contribution is 2.32. The predicted octanol–water partition coefficient (Wildman–Crippen LogP) is 1.59. The van der Waals surface area contributed by atoms with Gasteiger partial charge in [0.2, 0.25) is 12.7 Å². The van der Waals surface area contributed by atoms with Gasteiger partial charge in [0, 0.05) is 45.1 Å². The number of aromatic nitrogens is 2. The fourth-order valence-corrected chi connectivity index (χ4v) is 3.01. The van der Waals surface area contributed by atoms with Crippen molar-refractivity contribution in [2.75, 3.05) is 44.4 Å². The van der Waals surface area contributed by atoms with Crippen LogP contribution in [0, 0.1) is 0 Å². The maximum Gasteiger partial charge on any atom is 0.231 e. The van der Waals surface area contributed by atoms with Gasteiger partial charge >= 0.3 is 0 Å². The van der Waals surface area contributed by atoms with Crippen molar-refractivity contribution in [2.45, 2.75) is 6.42 Å². The summed E-state index contributed by atoms with van der Waals surface area (Å²) < 4.78 is 10.8. The molecule has 1 fully saturated rings. The lowest BCUT2D eigenvalue weighted by Crippen LogP contribution is -2.47. The third kappa shape index (κ3) is 5.11. The molecule has 1 aromatic heterocycles. The van der Waals surface area contributed by atoms with Crippen molar-refractivity contribution in [2.24, 2.45) is 0 Å². The normalized spacial score (nSPS) is 15.5. The Morgan fingerprint density at radius 3 is 2.35 bits per heavy atom. The van der Waals surface area contributed by atoms with Crippen molar-refractivity contribution in [3.63, 3.8) is 0 Å². The minimum atomic E-state index is 0.